The number of rotatable bonds is 6. The maximum atomic E-state index is 13.0. The molecular weight excluding hydrogens is 373 g/mol. The molecule has 0 unspecified atom stereocenters. The second-order valence-corrected chi connectivity index (χ2v) is 7.40. The Labute approximate surface area is 168 Å². The summed E-state index contributed by atoms with van der Waals surface area (Å²) in [7, 11) is 0. The van der Waals surface area contributed by atoms with Crippen LogP contribution in [0.2, 0.25) is 0 Å². The number of likely N-dealkylation sites (tertiary alicyclic amines) is 1. The number of piperidine rings is 1. The van der Waals surface area contributed by atoms with Crippen molar-refractivity contribution in [3.8, 4) is 16.9 Å². The van der Waals surface area contributed by atoms with E-state index in [9.17, 15) is 9.18 Å². The first-order valence-corrected chi connectivity index (χ1v) is 9.89. The third kappa shape index (κ3) is 4.81. The molecule has 1 aromatic carbocycles. The third-order valence-corrected chi connectivity index (χ3v) is 5.27. The number of aromatic nitrogens is 1. The highest BCUT2D eigenvalue weighted by atomic mass is 19.1. The fourth-order valence-corrected chi connectivity index (χ4v) is 3.57. The van der Waals surface area contributed by atoms with E-state index in [0.29, 0.717) is 18.2 Å². The molecule has 2 aromatic heterocycles. The van der Waals surface area contributed by atoms with Gasteiger partial charge in [-0.3, -0.25) is 0 Å². The van der Waals surface area contributed by atoms with Gasteiger partial charge in [0.1, 0.15) is 5.58 Å². The van der Waals surface area contributed by atoms with Gasteiger partial charge in [-0.25, -0.2) is 9.78 Å². The first-order valence-electron chi connectivity index (χ1n) is 9.89. The van der Waals surface area contributed by atoms with Crippen molar-refractivity contribution in [3.63, 3.8) is 0 Å². The standard InChI is InChI=1S/C22H24FN3O3/c23-21-5-4-17(14-25-21)15-2-3-16-13-20(22(27)29-19(16)12-15)28-11-1-8-26-9-6-18(24)7-10-26/h2-5,12-14,18H,1,6-11,24H2. The molecule has 6 nitrogen and oxygen atoms in total. The maximum absolute atomic E-state index is 13.0. The van der Waals surface area contributed by atoms with E-state index in [1.807, 2.05) is 12.1 Å². The van der Waals surface area contributed by atoms with E-state index < -0.39 is 11.6 Å². The Kier molecular flexibility index (Phi) is 5.87. The van der Waals surface area contributed by atoms with E-state index in [1.165, 1.54) is 12.3 Å². The van der Waals surface area contributed by atoms with E-state index >= 15 is 0 Å². The van der Waals surface area contributed by atoms with Gasteiger partial charge in [0, 0.05) is 29.7 Å². The van der Waals surface area contributed by atoms with Crippen molar-refractivity contribution < 1.29 is 13.5 Å². The molecule has 0 aliphatic carbocycles. The molecule has 1 aliphatic heterocycles. The zero-order valence-corrected chi connectivity index (χ0v) is 16.1. The average Bonchev–Trinajstić information content (AvgIpc) is 2.73. The largest absolute Gasteiger partial charge is 0.486 e. The normalized spacial score (nSPS) is 15.7. The minimum absolute atomic E-state index is 0.217. The minimum atomic E-state index is -0.535. The minimum Gasteiger partial charge on any atom is -0.486 e. The van der Waals surface area contributed by atoms with E-state index in [4.69, 9.17) is 14.9 Å². The Morgan fingerprint density at radius 1 is 1.17 bits per heavy atom. The number of benzene rings is 1. The molecule has 7 heteroatoms. The maximum Gasteiger partial charge on any atom is 0.379 e. The van der Waals surface area contributed by atoms with Crippen molar-refractivity contribution in [2.24, 2.45) is 5.73 Å². The Morgan fingerprint density at radius 3 is 2.72 bits per heavy atom. The van der Waals surface area contributed by atoms with Gasteiger partial charge >= 0.3 is 5.63 Å². The molecule has 1 aliphatic rings. The lowest BCUT2D eigenvalue weighted by molar-refractivity contribution is 0.192. The zero-order chi connectivity index (χ0) is 20.2. The third-order valence-electron chi connectivity index (χ3n) is 5.27. The fourth-order valence-electron chi connectivity index (χ4n) is 3.57. The van der Waals surface area contributed by atoms with Gasteiger partial charge < -0.3 is 19.8 Å². The molecule has 0 spiro atoms. The smallest absolute Gasteiger partial charge is 0.379 e. The van der Waals surface area contributed by atoms with Crippen LogP contribution in [0, 0.1) is 5.95 Å². The number of hydrogen-bond acceptors (Lipinski definition) is 6. The summed E-state index contributed by atoms with van der Waals surface area (Å²) in [6.45, 7) is 3.43. The lowest BCUT2D eigenvalue weighted by Gasteiger charge is -2.29. The zero-order valence-electron chi connectivity index (χ0n) is 16.1. The molecule has 0 atom stereocenters. The van der Waals surface area contributed by atoms with Gasteiger partial charge in [0.2, 0.25) is 11.7 Å². The monoisotopic (exact) mass is 397 g/mol. The number of halogens is 1. The van der Waals surface area contributed by atoms with Gasteiger partial charge in [-0.1, -0.05) is 12.1 Å². The predicted octanol–water partition coefficient (Wildman–Crippen LogP) is 3.19. The second-order valence-electron chi connectivity index (χ2n) is 7.40. The molecule has 4 rings (SSSR count). The van der Waals surface area contributed by atoms with Crippen LogP contribution in [0.4, 0.5) is 4.39 Å². The molecule has 0 bridgehead atoms. The van der Waals surface area contributed by atoms with Crippen LogP contribution in [0.3, 0.4) is 0 Å². The molecule has 0 radical (unpaired) electrons. The van der Waals surface area contributed by atoms with Crippen molar-refractivity contribution in [2.45, 2.75) is 25.3 Å². The molecule has 1 fully saturated rings. The van der Waals surface area contributed by atoms with E-state index in [0.717, 1.165) is 55.4 Å². The summed E-state index contributed by atoms with van der Waals surface area (Å²) in [5.41, 5.74) is 7.41. The topological polar surface area (TPSA) is 81.6 Å². The van der Waals surface area contributed by atoms with Crippen LogP contribution in [0.25, 0.3) is 22.1 Å². The summed E-state index contributed by atoms with van der Waals surface area (Å²) in [6.07, 6.45) is 4.35. The van der Waals surface area contributed by atoms with Crippen molar-refractivity contribution >= 4 is 11.0 Å². The summed E-state index contributed by atoms with van der Waals surface area (Å²) >= 11 is 0. The van der Waals surface area contributed by atoms with Crippen molar-refractivity contribution in [2.75, 3.05) is 26.2 Å². The number of nitrogens with zero attached hydrogens (tertiary/aromatic N) is 2. The Morgan fingerprint density at radius 2 is 1.97 bits per heavy atom. The highest BCUT2D eigenvalue weighted by Crippen LogP contribution is 2.25. The summed E-state index contributed by atoms with van der Waals surface area (Å²) in [5.74, 6) is -0.318. The van der Waals surface area contributed by atoms with Crippen LogP contribution >= 0.6 is 0 Å². The fraction of sp³-hybridized carbons (Fsp3) is 0.364. The van der Waals surface area contributed by atoms with Gasteiger partial charge in [-0.05, 0) is 62.2 Å². The molecule has 2 N–H and O–H groups in total. The summed E-state index contributed by atoms with van der Waals surface area (Å²) < 4.78 is 24.1. The lowest BCUT2D eigenvalue weighted by atomic mass is 10.1. The second kappa shape index (κ2) is 8.71. The molecular formula is C22H24FN3O3. The first-order chi connectivity index (χ1) is 14.1. The van der Waals surface area contributed by atoms with Crippen LogP contribution < -0.4 is 16.1 Å². The van der Waals surface area contributed by atoms with Crippen molar-refractivity contribution in [3.05, 3.63) is 59.0 Å². The van der Waals surface area contributed by atoms with Gasteiger partial charge in [-0.2, -0.15) is 4.39 Å². The highest BCUT2D eigenvalue weighted by molar-refractivity contribution is 5.83. The predicted molar refractivity (Wildman–Crippen MR) is 109 cm³/mol. The molecule has 3 heterocycles. The van der Waals surface area contributed by atoms with Crippen LogP contribution in [-0.2, 0) is 0 Å². The SMILES string of the molecule is NC1CCN(CCCOc2cc3ccc(-c4ccc(F)nc4)cc3oc2=O)CC1. The van der Waals surface area contributed by atoms with Crippen LogP contribution in [0.1, 0.15) is 19.3 Å². The van der Waals surface area contributed by atoms with Crippen LogP contribution in [0.5, 0.6) is 5.75 Å². The van der Waals surface area contributed by atoms with Gasteiger partial charge in [-0.15, -0.1) is 0 Å². The Balaban J connectivity index is 1.40. The number of hydrogen-bond donors (Lipinski definition) is 1. The Hall–Kier alpha value is -2.77. The molecule has 29 heavy (non-hydrogen) atoms. The first kappa shape index (κ1) is 19.5. The van der Waals surface area contributed by atoms with Crippen LogP contribution in [0.15, 0.2) is 51.8 Å². The molecule has 1 saturated heterocycles. The number of nitrogens with two attached hydrogens (primary N) is 1. The number of fused-ring (bicyclic) bond motifs is 1. The van der Waals surface area contributed by atoms with Crippen molar-refractivity contribution in [1.82, 2.24) is 9.88 Å². The summed E-state index contributed by atoms with van der Waals surface area (Å²) in [5, 5.41) is 0.767. The molecule has 3 aromatic rings. The van der Waals surface area contributed by atoms with Gasteiger partial charge in [0.05, 0.1) is 6.61 Å². The molecule has 152 valence electrons. The van der Waals surface area contributed by atoms with Crippen molar-refractivity contribution in [1.29, 1.82) is 0 Å². The number of ether oxygens (including phenoxy) is 1. The van der Waals surface area contributed by atoms with E-state index in [1.54, 1.807) is 18.2 Å². The van der Waals surface area contributed by atoms with Crippen LogP contribution in [-0.4, -0.2) is 42.2 Å². The van der Waals surface area contributed by atoms with Gasteiger partial charge in [0.25, 0.3) is 0 Å². The van der Waals surface area contributed by atoms with E-state index in [2.05, 4.69) is 9.88 Å². The quantitative estimate of drug-likeness (QED) is 0.391. The van der Waals surface area contributed by atoms with Gasteiger partial charge in [0.15, 0.2) is 0 Å². The molecule has 0 amide bonds. The summed E-state index contributed by atoms with van der Waals surface area (Å²) in [6, 6.07) is 10.4. The number of pyridine rings is 1. The highest BCUT2D eigenvalue weighted by Gasteiger charge is 2.15. The molecule has 0 saturated carbocycles. The lowest BCUT2D eigenvalue weighted by Crippen LogP contribution is -2.40. The van der Waals surface area contributed by atoms with E-state index in [-0.39, 0.29) is 5.75 Å². The average molecular weight is 397 g/mol. The Bertz CT molecular complexity index is 1030. The summed E-state index contributed by atoms with van der Waals surface area (Å²) in [4.78, 5) is 18.3.